The second-order valence-electron chi connectivity index (χ2n) is 11.0. The third-order valence-electron chi connectivity index (χ3n) is 7.94. The molecule has 1 heterocycles. The molecule has 2 aliphatic rings. The molecule has 0 saturated heterocycles. The number of aliphatic hydroxyl groups excluding tert-OH is 1. The van der Waals surface area contributed by atoms with Gasteiger partial charge >= 0.3 is 0 Å². The summed E-state index contributed by atoms with van der Waals surface area (Å²) in [6, 6.07) is 10.5. The Morgan fingerprint density at radius 3 is 2.73 bits per heavy atom. The molecule has 2 amide bonds. The zero-order valence-electron chi connectivity index (χ0n) is 23.5. The van der Waals surface area contributed by atoms with Gasteiger partial charge in [0.15, 0.2) is 0 Å². The number of terminal acetylenes is 2. The topological polar surface area (TPSA) is 90.9 Å². The van der Waals surface area contributed by atoms with Crippen LogP contribution in [0.15, 0.2) is 42.5 Å². The SMILES string of the molecule is C#CCC1C(=O)NC([C@H](O)CNC2(c3cccc(C#C)c3)CC2)Cc2cc(F)cc(c2)OCCCCCC(=O)N1C. The van der Waals surface area contributed by atoms with Gasteiger partial charge in [0.1, 0.15) is 17.6 Å². The number of hydrogen-bond acceptors (Lipinski definition) is 5. The first kappa shape index (κ1) is 30.1. The molecule has 3 N–H and O–H groups in total. The van der Waals surface area contributed by atoms with E-state index in [0.717, 1.165) is 30.4 Å². The summed E-state index contributed by atoms with van der Waals surface area (Å²) in [6.07, 6.45) is 14.4. The molecule has 1 aliphatic carbocycles. The van der Waals surface area contributed by atoms with Crippen molar-refractivity contribution >= 4 is 11.8 Å². The van der Waals surface area contributed by atoms with Crippen molar-refractivity contribution in [3.8, 4) is 30.4 Å². The lowest BCUT2D eigenvalue weighted by Gasteiger charge is -2.31. The number of fused-ring (bicyclic) bond motifs is 2. The highest BCUT2D eigenvalue weighted by Gasteiger charge is 2.44. The number of nitrogens with one attached hydrogen (secondary N) is 2. The van der Waals surface area contributed by atoms with E-state index in [-0.39, 0.29) is 37.3 Å². The molecule has 0 aromatic heterocycles. The maximum Gasteiger partial charge on any atom is 0.244 e. The van der Waals surface area contributed by atoms with Crippen LogP contribution in [0.5, 0.6) is 5.75 Å². The first-order valence-electron chi connectivity index (χ1n) is 14.2. The van der Waals surface area contributed by atoms with E-state index in [2.05, 4.69) is 22.5 Å². The van der Waals surface area contributed by atoms with Crippen molar-refractivity contribution in [2.75, 3.05) is 20.2 Å². The Balaban J connectivity index is 1.58. The molecule has 2 bridgehead atoms. The zero-order chi connectivity index (χ0) is 29.4. The van der Waals surface area contributed by atoms with Crippen LogP contribution in [0.1, 0.15) is 61.6 Å². The average Bonchev–Trinajstić information content (AvgIpc) is 3.76. The summed E-state index contributed by atoms with van der Waals surface area (Å²) in [5.41, 5.74) is 2.08. The van der Waals surface area contributed by atoms with Gasteiger partial charge in [0.2, 0.25) is 11.8 Å². The third kappa shape index (κ3) is 7.88. The zero-order valence-corrected chi connectivity index (χ0v) is 23.5. The van der Waals surface area contributed by atoms with Crippen molar-refractivity contribution in [1.82, 2.24) is 15.5 Å². The minimum Gasteiger partial charge on any atom is -0.493 e. The Morgan fingerprint density at radius 2 is 2.00 bits per heavy atom. The van der Waals surface area contributed by atoms with Crippen molar-refractivity contribution in [2.45, 2.75) is 75.1 Å². The first-order chi connectivity index (χ1) is 19.7. The van der Waals surface area contributed by atoms with Crippen molar-refractivity contribution < 1.29 is 23.8 Å². The van der Waals surface area contributed by atoms with Gasteiger partial charge in [0.25, 0.3) is 0 Å². The molecule has 0 spiro atoms. The number of likely N-dealkylation sites (N-methyl/N-ethyl adjacent to an activating group) is 1. The number of nitrogens with zero attached hydrogens (tertiary/aromatic N) is 1. The number of carbonyl (C=O) groups is 2. The fourth-order valence-corrected chi connectivity index (χ4v) is 5.29. The summed E-state index contributed by atoms with van der Waals surface area (Å²) in [5.74, 6) is 4.44. The summed E-state index contributed by atoms with van der Waals surface area (Å²) in [6.45, 7) is 0.556. The van der Waals surface area contributed by atoms with Gasteiger partial charge in [0.05, 0.1) is 18.8 Å². The molecule has 216 valence electrons. The Hall–Kier alpha value is -3.85. The van der Waals surface area contributed by atoms with E-state index in [9.17, 15) is 19.1 Å². The fraction of sp³-hybridized carbons (Fsp3) is 0.455. The van der Waals surface area contributed by atoms with Gasteiger partial charge in [-0.05, 0) is 73.9 Å². The summed E-state index contributed by atoms with van der Waals surface area (Å²) in [4.78, 5) is 27.8. The van der Waals surface area contributed by atoms with Crippen LogP contribution in [-0.4, -0.2) is 60.2 Å². The molecule has 3 atom stereocenters. The van der Waals surface area contributed by atoms with Crippen LogP contribution < -0.4 is 15.4 Å². The maximum atomic E-state index is 14.5. The summed E-state index contributed by atoms with van der Waals surface area (Å²) < 4.78 is 20.3. The molecule has 7 nitrogen and oxygen atoms in total. The van der Waals surface area contributed by atoms with Crippen molar-refractivity contribution in [3.05, 3.63) is 65.0 Å². The average molecular weight is 560 g/mol. The minimum absolute atomic E-state index is 0.0295. The number of carbonyl (C=O) groups excluding carboxylic acids is 2. The third-order valence-corrected chi connectivity index (χ3v) is 7.94. The van der Waals surface area contributed by atoms with Gasteiger partial charge in [0, 0.05) is 43.6 Å². The molecule has 2 aromatic carbocycles. The molecule has 1 fully saturated rings. The smallest absolute Gasteiger partial charge is 0.244 e. The maximum absolute atomic E-state index is 14.5. The van der Waals surface area contributed by atoms with Crippen molar-refractivity contribution in [1.29, 1.82) is 0 Å². The summed E-state index contributed by atoms with van der Waals surface area (Å²) in [7, 11) is 1.57. The number of aliphatic hydroxyl groups is 1. The predicted molar refractivity (Wildman–Crippen MR) is 155 cm³/mol. The lowest BCUT2D eigenvalue weighted by atomic mass is 9.98. The summed E-state index contributed by atoms with van der Waals surface area (Å²) >= 11 is 0. The highest BCUT2D eigenvalue weighted by atomic mass is 19.1. The fourth-order valence-electron chi connectivity index (χ4n) is 5.29. The van der Waals surface area contributed by atoms with E-state index in [1.807, 2.05) is 24.3 Å². The number of amides is 2. The largest absolute Gasteiger partial charge is 0.493 e. The first-order valence-corrected chi connectivity index (χ1v) is 14.2. The molecule has 0 radical (unpaired) electrons. The van der Waals surface area contributed by atoms with Gasteiger partial charge in [-0.2, -0.15) is 0 Å². The van der Waals surface area contributed by atoms with E-state index < -0.39 is 29.9 Å². The quantitative estimate of drug-likeness (QED) is 0.473. The van der Waals surface area contributed by atoms with Gasteiger partial charge in [-0.1, -0.05) is 18.1 Å². The standard InChI is InChI=1S/C33H38FN3O4/c1-4-10-29-32(40)36-28(30(38)22-35-33(14-15-33)25-12-9-11-23(5-2)17-25)20-24-18-26(34)21-27(19-24)41-16-8-6-7-13-31(39)37(29)3/h1-2,9,11-12,17-19,21,28-30,35,38H,6-8,10,13-16,20,22H2,3H3,(H,36,40)/t28?,29?,30-/m1/s1. The summed E-state index contributed by atoms with van der Waals surface area (Å²) in [5, 5.41) is 17.8. The number of benzene rings is 2. The Kier molecular flexibility index (Phi) is 10.0. The number of halogens is 1. The van der Waals surface area contributed by atoms with Gasteiger partial charge < -0.3 is 25.4 Å². The molecule has 4 rings (SSSR count). The highest BCUT2D eigenvalue weighted by Crippen LogP contribution is 2.45. The van der Waals surface area contributed by atoms with E-state index in [1.165, 1.54) is 17.0 Å². The molecular weight excluding hydrogens is 521 g/mol. The predicted octanol–water partition coefficient (Wildman–Crippen LogP) is 3.28. The molecule has 2 unspecified atom stereocenters. The van der Waals surface area contributed by atoms with E-state index in [1.54, 1.807) is 13.1 Å². The lowest BCUT2D eigenvalue weighted by molar-refractivity contribution is -0.139. The lowest BCUT2D eigenvalue weighted by Crippen LogP contribution is -2.55. The minimum atomic E-state index is -1.04. The molecular formula is C33H38FN3O4. The highest BCUT2D eigenvalue weighted by molar-refractivity contribution is 5.88. The Bertz CT molecular complexity index is 1330. The molecule has 2 aromatic rings. The number of rotatable bonds is 6. The van der Waals surface area contributed by atoms with Crippen LogP contribution >= 0.6 is 0 Å². The van der Waals surface area contributed by atoms with Gasteiger partial charge in [-0.3, -0.25) is 9.59 Å². The molecule has 1 saturated carbocycles. The van der Waals surface area contributed by atoms with Crippen molar-refractivity contribution in [3.63, 3.8) is 0 Å². The van der Waals surface area contributed by atoms with Crippen LogP contribution in [0.3, 0.4) is 0 Å². The van der Waals surface area contributed by atoms with E-state index in [0.29, 0.717) is 30.8 Å². The van der Waals surface area contributed by atoms with Gasteiger partial charge in [-0.15, -0.1) is 18.8 Å². The molecule has 41 heavy (non-hydrogen) atoms. The monoisotopic (exact) mass is 559 g/mol. The van der Waals surface area contributed by atoms with Crippen LogP contribution in [0, 0.1) is 30.5 Å². The normalized spacial score (nSPS) is 22.0. The molecule has 1 aliphatic heterocycles. The Morgan fingerprint density at radius 1 is 1.20 bits per heavy atom. The van der Waals surface area contributed by atoms with Crippen LogP contribution in [0.4, 0.5) is 4.39 Å². The van der Waals surface area contributed by atoms with Crippen LogP contribution in [0.2, 0.25) is 0 Å². The second-order valence-corrected chi connectivity index (χ2v) is 11.0. The van der Waals surface area contributed by atoms with Crippen LogP contribution in [-0.2, 0) is 21.5 Å². The number of ether oxygens (including phenoxy) is 1. The van der Waals surface area contributed by atoms with Gasteiger partial charge in [-0.25, -0.2) is 4.39 Å². The van der Waals surface area contributed by atoms with Crippen LogP contribution in [0.25, 0.3) is 0 Å². The second kappa shape index (κ2) is 13.7. The van der Waals surface area contributed by atoms with E-state index in [4.69, 9.17) is 17.6 Å². The Labute approximate surface area is 241 Å². The molecule has 8 heteroatoms. The number of hydrogen-bond donors (Lipinski definition) is 3. The van der Waals surface area contributed by atoms with E-state index >= 15 is 0 Å². The van der Waals surface area contributed by atoms with Crippen molar-refractivity contribution in [2.24, 2.45) is 0 Å².